The Bertz CT molecular complexity index is 605. The van der Waals surface area contributed by atoms with Gasteiger partial charge in [-0.05, 0) is 12.1 Å². The molecule has 22 heavy (non-hydrogen) atoms. The molecule has 0 atom stereocenters. The van der Waals surface area contributed by atoms with Crippen LogP contribution in [0.1, 0.15) is 32.3 Å². The van der Waals surface area contributed by atoms with Crippen LogP contribution in [0.3, 0.4) is 0 Å². The first-order chi connectivity index (χ1) is 10.4. The molecule has 6 heteroatoms. The maximum absolute atomic E-state index is 11.8. The van der Waals surface area contributed by atoms with E-state index < -0.39 is 0 Å². The lowest BCUT2D eigenvalue weighted by atomic mass is 9.96. The summed E-state index contributed by atoms with van der Waals surface area (Å²) in [6, 6.07) is 5.45. The van der Waals surface area contributed by atoms with Gasteiger partial charge in [-0.25, -0.2) is 14.8 Å². The summed E-state index contributed by atoms with van der Waals surface area (Å²) >= 11 is 0. The first-order valence-corrected chi connectivity index (χ1v) is 7.22. The minimum Gasteiger partial charge on any atom is -0.337 e. The normalized spacial score (nSPS) is 11.0. The molecule has 6 nitrogen and oxygen atoms in total. The van der Waals surface area contributed by atoms with Gasteiger partial charge < -0.3 is 10.6 Å². The molecule has 0 saturated carbocycles. The van der Waals surface area contributed by atoms with E-state index in [1.54, 1.807) is 18.6 Å². The van der Waals surface area contributed by atoms with Crippen molar-refractivity contribution in [2.24, 2.45) is 0 Å². The van der Waals surface area contributed by atoms with E-state index >= 15 is 0 Å². The van der Waals surface area contributed by atoms with E-state index in [4.69, 9.17) is 0 Å². The Hall–Kier alpha value is -2.50. The van der Waals surface area contributed by atoms with Crippen LogP contribution in [0.15, 0.2) is 36.8 Å². The Morgan fingerprint density at radius 2 is 1.86 bits per heavy atom. The number of nitrogens with one attached hydrogen (secondary N) is 2. The molecule has 2 aromatic heterocycles. The number of hydrogen-bond donors (Lipinski definition) is 2. The first kappa shape index (κ1) is 15.9. The number of carbonyl (C=O) groups is 1. The van der Waals surface area contributed by atoms with Gasteiger partial charge in [0.25, 0.3) is 0 Å². The lowest BCUT2D eigenvalue weighted by molar-refractivity contribution is 0.252. The van der Waals surface area contributed by atoms with E-state index in [0.717, 1.165) is 11.5 Å². The van der Waals surface area contributed by atoms with Crippen molar-refractivity contribution in [3.05, 3.63) is 48.3 Å². The van der Waals surface area contributed by atoms with Crippen molar-refractivity contribution in [1.29, 1.82) is 0 Å². The summed E-state index contributed by atoms with van der Waals surface area (Å²) in [7, 11) is 0. The van der Waals surface area contributed by atoms with Crippen molar-refractivity contribution in [2.75, 3.05) is 11.9 Å². The molecule has 0 saturated heterocycles. The van der Waals surface area contributed by atoms with Gasteiger partial charge in [-0.15, -0.1) is 0 Å². The highest BCUT2D eigenvalue weighted by Crippen LogP contribution is 2.18. The fourth-order valence-corrected chi connectivity index (χ4v) is 1.81. The van der Waals surface area contributed by atoms with Crippen molar-refractivity contribution in [1.82, 2.24) is 20.3 Å². The molecule has 0 aliphatic carbocycles. The SMILES string of the molecule is CC(C)(C)c1ncc(NC(=O)NCCc2ccccn2)cn1. The maximum atomic E-state index is 11.8. The van der Waals surface area contributed by atoms with Crippen LogP contribution in [0.2, 0.25) is 0 Å². The number of nitrogens with zero attached hydrogens (tertiary/aromatic N) is 3. The third kappa shape index (κ3) is 4.80. The first-order valence-electron chi connectivity index (χ1n) is 7.22. The zero-order valence-electron chi connectivity index (χ0n) is 13.1. The zero-order valence-corrected chi connectivity index (χ0v) is 13.1. The third-order valence-corrected chi connectivity index (χ3v) is 2.97. The van der Waals surface area contributed by atoms with Crippen LogP contribution in [0.5, 0.6) is 0 Å². The molecule has 0 fully saturated rings. The number of anilines is 1. The summed E-state index contributed by atoms with van der Waals surface area (Å²) < 4.78 is 0. The number of rotatable bonds is 4. The predicted octanol–water partition coefficient (Wildman–Crippen LogP) is 2.53. The Kier molecular flexibility index (Phi) is 5.04. The molecule has 2 heterocycles. The standard InChI is InChI=1S/C16H21N5O/c1-16(2,3)14-19-10-13(11-20-14)21-15(22)18-9-7-12-6-4-5-8-17-12/h4-6,8,10-11H,7,9H2,1-3H3,(H2,18,21,22). The molecule has 2 N–H and O–H groups in total. The van der Waals surface area contributed by atoms with E-state index in [0.29, 0.717) is 18.7 Å². The average Bonchev–Trinajstić information content (AvgIpc) is 2.48. The average molecular weight is 299 g/mol. The summed E-state index contributed by atoms with van der Waals surface area (Å²) in [5, 5.41) is 5.49. The summed E-state index contributed by atoms with van der Waals surface area (Å²) in [5.41, 5.74) is 1.41. The Labute approximate surface area is 130 Å². The molecule has 0 aliphatic rings. The number of hydrogen-bond acceptors (Lipinski definition) is 4. The molecular weight excluding hydrogens is 278 g/mol. The van der Waals surface area contributed by atoms with Crippen LogP contribution in [0.4, 0.5) is 10.5 Å². The van der Waals surface area contributed by atoms with Crippen LogP contribution in [-0.4, -0.2) is 27.5 Å². The minimum atomic E-state index is -0.275. The van der Waals surface area contributed by atoms with E-state index in [1.807, 2.05) is 39.0 Å². The van der Waals surface area contributed by atoms with Gasteiger partial charge in [0.15, 0.2) is 0 Å². The van der Waals surface area contributed by atoms with Gasteiger partial charge >= 0.3 is 6.03 Å². The number of amides is 2. The molecule has 0 aromatic carbocycles. The van der Waals surface area contributed by atoms with Crippen molar-refractivity contribution < 1.29 is 4.79 Å². The Morgan fingerprint density at radius 1 is 1.14 bits per heavy atom. The monoisotopic (exact) mass is 299 g/mol. The van der Waals surface area contributed by atoms with Crippen molar-refractivity contribution in [2.45, 2.75) is 32.6 Å². The van der Waals surface area contributed by atoms with Gasteiger partial charge in [-0.3, -0.25) is 4.98 Å². The van der Waals surface area contributed by atoms with Crippen LogP contribution in [0.25, 0.3) is 0 Å². The summed E-state index contributed by atoms with van der Waals surface area (Å²) in [6.07, 6.45) is 5.66. The van der Waals surface area contributed by atoms with Gasteiger partial charge in [0.2, 0.25) is 0 Å². The molecule has 0 aliphatic heterocycles. The molecule has 2 aromatic rings. The van der Waals surface area contributed by atoms with E-state index in [9.17, 15) is 4.79 Å². The van der Waals surface area contributed by atoms with Crippen LogP contribution >= 0.6 is 0 Å². The molecule has 0 radical (unpaired) electrons. The van der Waals surface area contributed by atoms with Crippen molar-refractivity contribution in [3.63, 3.8) is 0 Å². The predicted molar refractivity (Wildman–Crippen MR) is 85.7 cm³/mol. The summed E-state index contributed by atoms with van der Waals surface area (Å²) in [5.74, 6) is 0.744. The lowest BCUT2D eigenvalue weighted by Gasteiger charge is -2.16. The Morgan fingerprint density at radius 3 is 2.45 bits per heavy atom. The minimum absolute atomic E-state index is 0.108. The van der Waals surface area contributed by atoms with Gasteiger partial charge in [0, 0.05) is 30.3 Å². The zero-order chi connectivity index (χ0) is 16.0. The second-order valence-electron chi connectivity index (χ2n) is 6.00. The van der Waals surface area contributed by atoms with Gasteiger partial charge in [0.1, 0.15) is 5.82 Å². The summed E-state index contributed by atoms with van der Waals surface area (Å²) in [6.45, 7) is 6.64. The Balaban J connectivity index is 1.79. The fourth-order valence-electron chi connectivity index (χ4n) is 1.81. The van der Waals surface area contributed by atoms with Crippen LogP contribution in [0, 0.1) is 0 Å². The van der Waals surface area contributed by atoms with Gasteiger partial charge in [-0.2, -0.15) is 0 Å². The van der Waals surface area contributed by atoms with Crippen LogP contribution < -0.4 is 10.6 Å². The van der Waals surface area contributed by atoms with E-state index in [2.05, 4.69) is 25.6 Å². The van der Waals surface area contributed by atoms with Crippen LogP contribution in [-0.2, 0) is 11.8 Å². The topological polar surface area (TPSA) is 79.8 Å². The molecule has 0 unspecified atom stereocenters. The fraction of sp³-hybridized carbons (Fsp3) is 0.375. The quantitative estimate of drug-likeness (QED) is 0.909. The largest absolute Gasteiger partial charge is 0.337 e. The number of carbonyl (C=O) groups excluding carboxylic acids is 1. The van der Waals surface area contributed by atoms with Gasteiger partial charge in [0.05, 0.1) is 18.1 Å². The molecular formula is C16H21N5O. The molecule has 0 spiro atoms. The second-order valence-corrected chi connectivity index (χ2v) is 6.00. The van der Waals surface area contributed by atoms with E-state index in [1.165, 1.54) is 0 Å². The molecule has 2 rings (SSSR count). The smallest absolute Gasteiger partial charge is 0.319 e. The van der Waals surface area contributed by atoms with Crippen molar-refractivity contribution >= 4 is 11.7 Å². The highest BCUT2D eigenvalue weighted by molar-refractivity contribution is 5.88. The molecule has 116 valence electrons. The molecule has 0 bridgehead atoms. The maximum Gasteiger partial charge on any atom is 0.319 e. The van der Waals surface area contributed by atoms with E-state index in [-0.39, 0.29) is 11.4 Å². The highest BCUT2D eigenvalue weighted by Gasteiger charge is 2.16. The highest BCUT2D eigenvalue weighted by atomic mass is 16.2. The lowest BCUT2D eigenvalue weighted by Crippen LogP contribution is -2.30. The summed E-state index contributed by atoms with van der Waals surface area (Å²) in [4.78, 5) is 24.5. The third-order valence-electron chi connectivity index (χ3n) is 2.97. The van der Waals surface area contributed by atoms with Gasteiger partial charge in [-0.1, -0.05) is 26.8 Å². The number of urea groups is 1. The molecule has 2 amide bonds. The number of aromatic nitrogens is 3. The number of pyridine rings is 1. The van der Waals surface area contributed by atoms with Crippen molar-refractivity contribution in [3.8, 4) is 0 Å². The second kappa shape index (κ2) is 6.98.